The van der Waals surface area contributed by atoms with E-state index in [2.05, 4.69) is 4.74 Å². The Labute approximate surface area is 173 Å². The third kappa shape index (κ3) is 3.94. The Balaban J connectivity index is 2.14. The summed E-state index contributed by atoms with van der Waals surface area (Å²) in [6.07, 6.45) is -8.22. The first-order chi connectivity index (χ1) is 14.6. The fourth-order valence-electron chi connectivity index (χ4n) is 3.17. The molecule has 1 fully saturated rings. The molecule has 0 spiro atoms. The second-order valence-corrected chi connectivity index (χ2v) is 6.80. The van der Waals surface area contributed by atoms with Crippen LogP contribution in [0.3, 0.4) is 0 Å². The molecule has 0 bridgehead atoms. The summed E-state index contributed by atoms with van der Waals surface area (Å²) < 4.78 is 15.1. The molecule has 0 aromatic heterocycles. The molecule has 1 saturated heterocycles. The minimum absolute atomic E-state index is 0.152. The molecule has 12 heteroatoms. The topological polar surface area (TPSA) is 203 Å². The zero-order valence-corrected chi connectivity index (χ0v) is 16.0. The molecule has 7 N–H and O–H groups in total. The SMILES string of the molecule is COC(=O)c1cc(O)c(=O)c2c(O)c(O)c(O[C@@H]3O[C@H](CO)[C@@H](O)[C@H](O)[C@H]3O)cc2c1. The van der Waals surface area contributed by atoms with Crippen LogP contribution in [0.1, 0.15) is 10.4 Å². The van der Waals surface area contributed by atoms with Crippen LogP contribution in [0.4, 0.5) is 0 Å². The summed E-state index contributed by atoms with van der Waals surface area (Å²) in [6.45, 7) is -0.725. The van der Waals surface area contributed by atoms with Crippen molar-refractivity contribution in [2.75, 3.05) is 13.7 Å². The Bertz CT molecular complexity index is 1070. The third-order valence-corrected chi connectivity index (χ3v) is 4.85. The van der Waals surface area contributed by atoms with Crippen LogP contribution in [0, 0.1) is 0 Å². The van der Waals surface area contributed by atoms with Crippen molar-refractivity contribution in [3.05, 3.63) is 34.0 Å². The van der Waals surface area contributed by atoms with E-state index in [9.17, 15) is 45.3 Å². The Hall–Kier alpha value is -3.16. The van der Waals surface area contributed by atoms with E-state index in [1.807, 2.05) is 0 Å². The van der Waals surface area contributed by atoms with E-state index in [0.717, 1.165) is 25.3 Å². The lowest BCUT2D eigenvalue weighted by Gasteiger charge is -2.39. The van der Waals surface area contributed by atoms with Crippen LogP contribution in [-0.4, -0.2) is 86.1 Å². The molecule has 0 radical (unpaired) electrons. The molecule has 1 heterocycles. The molecule has 168 valence electrons. The van der Waals surface area contributed by atoms with Crippen LogP contribution in [0.15, 0.2) is 23.0 Å². The van der Waals surface area contributed by atoms with Crippen molar-refractivity contribution in [1.82, 2.24) is 0 Å². The lowest BCUT2D eigenvalue weighted by Crippen LogP contribution is -2.60. The van der Waals surface area contributed by atoms with Gasteiger partial charge in [-0.3, -0.25) is 4.79 Å². The second-order valence-electron chi connectivity index (χ2n) is 6.80. The van der Waals surface area contributed by atoms with Crippen LogP contribution in [0.2, 0.25) is 0 Å². The fourth-order valence-corrected chi connectivity index (χ4v) is 3.17. The van der Waals surface area contributed by atoms with E-state index in [4.69, 9.17) is 9.47 Å². The molecule has 0 aliphatic carbocycles. The van der Waals surface area contributed by atoms with Crippen molar-refractivity contribution in [1.29, 1.82) is 0 Å². The van der Waals surface area contributed by atoms with Crippen molar-refractivity contribution in [3.63, 3.8) is 0 Å². The van der Waals surface area contributed by atoms with E-state index < -0.39 is 77.1 Å². The normalized spacial score (nSPS) is 25.9. The van der Waals surface area contributed by atoms with E-state index >= 15 is 0 Å². The van der Waals surface area contributed by atoms with E-state index in [-0.39, 0.29) is 10.9 Å². The van der Waals surface area contributed by atoms with Crippen molar-refractivity contribution in [2.45, 2.75) is 30.7 Å². The molecule has 12 nitrogen and oxygen atoms in total. The van der Waals surface area contributed by atoms with Gasteiger partial charge in [0.05, 0.1) is 24.7 Å². The highest BCUT2D eigenvalue weighted by atomic mass is 16.7. The van der Waals surface area contributed by atoms with Crippen molar-refractivity contribution < 1.29 is 54.8 Å². The number of rotatable bonds is 4. The maximum absolute atomic E-state index is 12.4. The highest BCUT2D eigenvalue weighted by Crippen LogP contribution is 2.42. The zero-order chi connectivity index (χ0) is 23.0. The van der Waals surface area contributed by atoms with Gasteiger partial charge >= 0.3 is 5.97 Å². The minimum atomic E-state index is -1.81. The molecule has 2 aromatic carbocycles. The first-order valence-electron chi connectivity index (χ1n) is 8.92. The number of carbonyl (C=O) groups excluding carboxylic acids is 1. The quantitative estimate of drug-likeness (QED) is 0.210. The van der Waals surface area contributed by atoms with E-state index in [1.165, 1.54) is 0 Å². The van der Waals surface area contributed by atoms with Crippen LogP contribution in [-0.2, 0) is 9.47 Å². The van der Waals surface area contributed by atoms with Gasteiger partial charge in [-0.2, -0.15) is 0 Å². The number of phenols is 2. The maximum Gasteiger partial charge on any atom is 0.338 e. The highest BCUT2D eigenvalue weighted by molar-refractivity contribution is 5.98. The van der Waals surface area contributed by atoms with Gasteiger partial charge in [0.1, 0.15) is 24.4 Å². The molecule has 5 atom stereocenters. The van der Waals surface area contributed by atoms with Crippen LogP contribution in [0.25, 0.3) is 10.8 Å². The number of aromatic hydroxyl groups is 3. The van der Waals surface area contributed by atoms with Gasteiger partial charge < -0.3 is 50.0 Å². The first kappa shape index (κ1) is 22.5. The van der Waals surface area contributed by atoms with Gasteiger partial charge in [-0.25, -0.2) is 4.79 Å². The first-order valence-corrected chi connectivity index (χ1v) is 8.92. The van der Waals surface area contributed by atoms with Gasteiger partial charge in [0, 0.05) is 0 Å². The van der Waals surface area contributed by atoms with Gasteiger partial charge in [-0.05, 0) is 23.6 Å². The fraction of sp³-hybridized carbons (Fsp3) is 0.368. The van der Waals surface area contributed by atoms with Gasteiger partial charge in [-0.15, -0.1) is 0 Å². The van der Waals surface area contributed by atoms with Crippen LogP contribution >= 0.6 is 0 Å². The standard InChI is InChI=1S/C19H20O12/c1-29-18(28)7-2-6-4-9(13(23)15(25)11(6)12(22)8(21)3-7)30-19-17(27)16(26)14(24)10(5-20)31-19/h2-4,10,14,16-17,19-20,23-27H,5H2,1H3,(H,21,22)/t10-,14-,16+,17-,19-/m1/s1. The summed E-state index contributed by atoms with van der Waals surface area (Å²) >= 11 is 0. The van der Waals surface area contributed by atoms with E-state index in [0.29, 0.717) is 0 Å². The molecule has 1 aliphatic rings. The number of hydrogen-bond donors (Lipinski definition) is 7. The van der Waals surface area contributed by atoms with Crippen LogP contribution < -0.4 is 10.2 Å². The number of benzene rings is 1. The van der Waals surface area contributed by atoms with Gasteiger partial charge in [0.2, 0.25) is 17.5 Å². The summed E-state index contributed by atoms with van der Waals surface area (Å²) in [7, 11) is 1.07. The summed E-state index contributed by atoms with van der Waals surface area (Å²) in [5, 5.41) is 68.9. The number of ether oxygens (including phenoxy) is 3. The Morgan fingerprint density at radius 3 is 2.32 bits per heavy atom. The second kappa shape index (κ2) is 8.53. The van der Waals surface area contributed by atoms with Gasteiger partial charge in [-0.1, -0.05) is 0 Å². The number of phenolic OH excluding ortho intramolecular Hbond substituents is 2. The largest absolute Gasteiger partial charge is 0.504 e. The number of aliphatic hydroxyl groups is 4. The number of methoxy groups -OCH3 is 1. The smallest absolute Gasteiger partial charge is 0.338 e. The lowest BCUT2D eigenvalue weighted by atomic mass is 9.99. The highest BCUT2D eigenvalue weighted by Gasteiger charge is 2.45. The number of fused-ring (bicyclic) bond motifs is 1. The Morgan fingerprint density at radius 2 is 1.71 bits per heavy atom. The molecular weight excluding hydrogens is 420 g/mol. The third-order valence-electron chi connectivity index (χ3n) is 4.85. The number of carbonyl (C=O) groups is 1. The summed E-state index contributed by atoms with van der Waals surface area (Å²) in [6, 6.07) is 2.92. The average Bonchev–Trinajstić information content (AvgIpc) is 2.87. The van der Waals surface area contributed by atoms with Crippen molar-refractivity contribution in [2.24, 2.45) is 0 Å². The molecule has 0 amide bonds. The minimum Gasteiger partial charge on any atom is -0.504 e. The lowest BCUT2D eigenvalue weighted by molar-refractivity contribution is -0.277. The Kier molecular flexibility index (Phi) is 6.20. The number of esters is 1. The van der Waals surface area contributed by atoms with Crippen LogP contribution in [0.5, 0.6) is 23.0 Å². The van der Waals surface area contributed by atoms with E-state index in [1.54, 1.807) is 0 Å². The number of aliphatic hydroxyl groups excluding tert-OH is 4. The summed E-state index contributed by atoms with van der Waals surface area (Å²) in [5.74, 6) is -4.30. The van der Waals surface area contributed by atoms with Gasteiger partial charge in [0.25, 0.3) is 0 Å². The molecular formula is C19H20O12. The maximum atomic E-state index is 12.4. The summed E-state index contributed by atoms with van der Waals surface area (Å²) in [5.41, 5.74) is -1.35. The molecule has 3 rings (SSSR count). The summed E-state index contributed by atoms with van der Waals surface area (Å²) in [4.78, 5) is 24.3. The monoisotopic (exact) mass is 440 g/mol. The van der Waals surface area contributed by atoms with Crippen molar-refractivity contribution in [3.8, 4) is 23.0 Å². The Morgan fingerprint density at radius 1 is 1.03 bits per heavy atom. The average molecular weight is 440 g/mol. The van der Waals surface area contributed by atoms with Gasteiger partial charge in [0.15, 0.2) is 17.2 Å². The predicted molar refractivity (Wildman–Crippen MR) is 101 cm³/mol. The van der Waals surface area contributed by atoms with Crippen molar-refractivity contribution >= 4 is 16.7 Å². The molecule has 2 aromatic rings. The molecule has 0 unspecified atom stereocenters. The number of hydrogen-bond acceptors (Lipinski definition) is 12. The zero-order valence-electron chi connectivity index (χ0n) is 16.0. The molecule has 1 aliphatic heterocycles. The molecule has 0 saturated carbocycles. The predicted octanol–water partition coefficient (Wildman–Crippen LogP) is -1.72. The molecule has 31 heavy (non-hydrogen) atoms.